The fourth-order valence-corrected chi connectivity index (χ4v) is 4.55. The van der Waals surface area contributed by atoms with Crippen molar-refractivity contribution in [1.29, 1.82) is 0 Å². The Kier molecular flexibility index (Phi) is 3.17. The first-order chi connectivity index (χ1) is 11.8. The maximum Gasteiger partial charge on any atom is 0.125 e. The fraction of sp³-hybridized carbons (Fsp3) is 0.333. The fourth-order valence-electron chi connectivity index (χ4n) is 4.55. The van der Waals surface area contributed by atoms with Gasteiger partial charge in [0.2, 0.25) is 0 Å². The quantitative estimate of drug-likeness (QED) is 0.709. The van der Waals surface area contributed by atoms with Gasteiger partial charge in [-0.1, -0.05) is 42.5 Å². The molecular formula is C21H21N3. The van der Waals surface area contributed by atoms with Crippen molar-refractivity contribution in [2.75, 3.05) is 0 Å². The zero-order chi connectivity index (χ0) is 16.1. The molecular weight excluding hydrogens is 294 g/mol. The lowest BCUT2D eigenvalue weighted by Gasteiger charge is -2.35. The topological polar surface area (TPSA) is 29.0 Å². The maximum atomic E-state index is 4.71. The molecule has 0 spiro atoms. The highest BCUT2D eigenvalue weighted by molar-refractivity contribution is 5.85. The molecule has 0 amide bonds. The Morgan fingerprint density at radius 1 is 1.08 bits per heavy atom. The second-order valence-corrected chi connectivity index (χ2v) is 7.08. The molecule has 5 rings (SSSR count). The van der Waals surface area contributed by atoms with Crippen LogP contribution in [0.1, 0.15) is 41.5 Å². The summed E-state index contributed by atoms with van der Waals surface area (Å²) in [5.74, 6) is 0.899. The minimum Gasteiger partial charge on any atom is -0.289 e. The standard InChI is InChI=1S/C21H21N3/c1-14-22-12-19-20(23-14)11-17-9-10-21(19)24(17)13-16-7-4-6-15-5-2-3-8-18(15)16/h2-8,12,17,21H,9-11,13H2,1H3/t17-,21+/m1/s1. The summed E-state index contributed by atoms with van der Waals surface area (Å²) in [5.41, 5.74) is 4.07. The molecule has 24 heavy (non-hydrogen) atoms. The van der Waals surface area contributed by atoms with Crippen molar-refractivity contribution in [1.82, 2.24) is 14.9 Å². The molecule has 1 aromatic heterocycles. The summed E-state index contributed by atoms with van der Waals surface area (Å²) in [7, 11) is 0. The van der Waals surface area contributed by atoms with Crippen molar-refractivity contribution in [3.8, 4) is 0 Å². The van der Waals surface area contributed by atoms with Gasteiger partial charge in [-0.2, -0.15) is 0 Å². The maximum absolute atomic E-state index is 4.71. The molecule has 2 bridgehead atoms. The van der Waals surface area contributed by atoms with Crippen molar-refractivity contribution in [2.45, 2.75) is 44.8 Å². The predicted molar refractivity (Wildman–Crippen MR) is 95.7 cm³/mol. The van der Waals surface area contributed by atoms with Gasteiger partial charge in [0, 0.05) is 36.8 Å². The van der Waals surface area contributed by atoms with Gasteiger partial charge >= 0.3 is 0 Å². The molecule has 2 atom stereocenters. The highest BCUT2D eigenvalue weighted by atomic mass is 15.2. The summed E-state index contributed by atoms with van der Waals surface area (Å²) in [4.78, 5) is 11.9. The Hall–Kier alpha value is -2.26. The van der Waals surface area contributed by atoms with E-state index in [1.165, 1.54) is 40.4 Å². The lowest BCUT2D eigenvalue weighted by atomic mass is 9.97. The van der Waals surface area contributed by atoms with Gasteiger partial charge in [0.05, 0.1) is 5.69 Å². The van der Waals surface area contributed by atoms with Crippen molar-refractivity contribution in [3.63, 3.8) is 0 Å². The number of nitrogens with zero attached hydrogens (tertiary/aromatic N) is 3. The zero-order valence-corrected chi connectivity index (χ0v) is 13.9. The van der Waals surface area contributed by atoms with E-state index >= 15 is 0 Å². The third kappa shape index (κ3) is 2.15. The van der Waals surface area contributed by atoms with Crippen LogP contribution in [-0.2, 0) is 13.0 Å². The molecule has 0 N–H and O–H groups in total. The molecule has 0 saturated carbocycles. The van der Waals surface area contributed by atoms with Crippen molar-refractivity contribution in [3.05, 3.63) is 71.3 Å². The van der Waals surface area contributed by atoms with E-state index in [-0.39, 0.29) is 0 Å². The van der Waals surface area contributed by atoms with Crippen LogP contribution in [-0.4, -0.2) is 20.9 Å². The molecule has 0 unspecified atom stereocenters. The van der Waals surface area contributed by atoms with Crippen LogP contribution in [0.2, 0.25) is 0 Å². The molecule has 120 valence electrons. The van der Waals surface area contributed by atoms with Gasteiger partial charge in [0.1, 0.15) is 5.82 Å². The third-order valence-electron chi connectivity index (χ3n) is 5.68. The average Bonchev–Trinajstić information content (AvgIpc) is 2.88. The first-order valence-electron chi connectivity index (χ1n) is 8.84. The van der Waals surface area contributed by atoms with Crippen LogP contribution in [0.15, 0.2) is 48.7 Å². The van der Waals surface area contributed by atoms with Crippen LogP contribution in [0.5, 0.6) is 0 Å². The van der Waals surface area contributed by atoms with Gasteiger partial charge in [-0.3, -0.25) is 4.90 Å². The second kappa shape index (κ2) is 5.38. The number of fused-ring (bicyclic) bond motifs is 5. The lowest BCUT2D eigenvalue weighted by Crippen LogP contribution is -2.37. The van der Waals surface area contributed by atoms with Gasteiger partial charge in [-0.05, 0) is 36.1 Å². The molecule has 3 heteroatoms. The molecule has 1 saturated heterocycles. The van der Waals surface area contributed by atoms with E-state index in [0.29, 0.717) is 12.1 Å². The Bertz CT molecular complexity index is 913. The number of hydrogen-bond acceptors (Lipinski definition) is 3. The van der Waals surface area contributed by atoms with Crippen LogP contribution in [0, 0.1) is 6.92 Å². The van der Waals surface area contributed by atoms with Crippen molar-refractivity contribution >= 4 is 10.8 Å². The van der Waals surface area contributed by atoms with E-state index in [0.717, 1.165) is 18.8 Å². The number of rotatable bonds is 2. The van der Waals surface area contributed by atoms with E-state index < -0.39 is 0 Å². The van der Waals surface area contributed by atoms with Crippen molar-refractivity contribution in [2.24, 2.45) is 0 Å². The Balaban J connectivity index is 1.53. The van der Waals surface area contributed by atoms with Crippen LogP contribution in [0.3, 0.4) is 0 Å². The lowest BCUT2D eigenvalue weighted by molar-refractivity contribution is 0.166. The van der Waals surface area contributed by atoms with Gasteiger partial charge in [0.15, 0.2) is 0 Å². The highest BCUT2D eigenvalue weighted by Gasteiger charge is 2.40. The van der Waals surface area contributed by atoms with Gasteiger partial charge in [0.25, 0.3) is 0 Å². The second-order valence-electron chi connectivity index (χ2n) is 7.08. The monoisotopic (exact) mass is 315 g/mol. The Morgan fingerprint density at radius 3 is 2.92 bits per heavy atom. The van der Waals surface area contributed by atoms with Gasteiger partial charge < -0.3 is 0 Å². The normalized spacial score (nSPS) is 22.7. The number of hydrogen-bond donors (Lipinski definition) is 0. The predicted octanol–water partition coefficient (Wildman–Crippen LogP) is 4.20. The third-order valence-corrected chi connectivity index (χ3v) is 5.68. The molecule has 3 heterocycles. The van der Waals surface area contributed by atoms with Crippen LogP contribution in [0.25, 0.3) is 10.8 Å². The molecule has 2 aromatic carbocycles. The largest absolute Gasteiger partial charge is 0.289 e. The minimum atomic E-state index is 0.485. The Morgan fingerprint density at radius 2 is 1.96 bits per heavy atom. The molecule has 0 radical (unpaired) electrons. The molecule has 1 fully saturated rings. The average molecular weight is 315 g/mol. The highest BCUT2D eigenvalue weighted by Crippen LogP contribution is 2.44. The van der Waals surface area contributed by atoms with Crippen LogP contribution in [0.4, 0.5) is 0 Å². The van der Waals surface area contributed by atoms with E-state index in [4.69, 9.17) is 4.98 Å². The molecule has 3 aromatic rings. The summed E-state index contributed by atoms with van der Waals surface area (Å²) >= 11 is 0. The molecule has 2 aliphatic heterocycles. The number of aryl methyl sites for hydroxylation is 1. The van der Waals surface area contributed by atoms with Crippen molar-refractivity contribution < 1.29 is 0 Å². The van der Waals surface area contributed by atoms with E-state index in [9.17, 15) is 0 Å². The molecule has 2 aliphatic rings. The first kappa shape index (κ1) is 14.1. The summed E-state index contributed by atoms with van der Waals surface area (Å²) in [6, 6.07) is 16.5. The first-order valence-corrected chi connectivity index (χ1v) is 8.84. The Labute approximate surface area is 142 Å². The van der Waals surface area contributed by atoms with Gasteiger partial charge in [-0.25, -0.2) is 9.97 Å². The summed E-state index contributed by atoms with van der Waals surface area (Å²) in [6.45, 7) is 3.01. The summed E-state index contributed by atoms with van der Waals surface area (Å²) in [6.07, 6.45) is 5.64. The summed E-state index contributed by atoms with van der Waals surface area (Å²) < 4.78 is 0. The summed E-state index contributed by atoms with van der Waals surface area (Å²) in [5, 5.41) is 2.71. The van der Waals surface area contributed by atoms with E-state index in [2.05, 4.69) is 58.5 Å². The van der Waals surface area contributed by atoms with Gasteiger partial charge in [-0.15, -0.1) is 0 Å². The van der Waals surface area contributed by atoms with Crippen LogP contribution < -0.4 is 0 Å². The minimum absolute atomic E-state index is 0.485. The number of benzene rings is 2. The molecule has 0 aliphatic carbocycles. The molecule has 3 nitrogen and oxygen atoms in total. The zero-order valence-electron chi connectivity index (χ0n) is 13.9. The van der Waals surface area contributed by atoms with E-state index in [1.54, 1.807) is 0 Å². The smallest absolute Gasteiger partial charge is 0.125 e. The van der Waals surface area contributed by atoms with E-state index in [1.807, 2.05) is 6.92 Å². The van der Waals surface area contributed by atoms with Crippen LogP contribution >= 0.6 is 0 Å². The number of aromatic nitrogens is 2. The SMILES string of the molecule is Cc1ncc2c(n1)C[C@H]1CC[C@@H]2N1Cc1cccc2ccccc12.